The van der Waals surface area contributed by atoms with Crippen molar-refractivity contribution >= 4 is 0 Å². The van der Waals surface area contributed by atoms with Gasteiger partial charge in [0.25, 0.3) is 0 Å². The van der Waals surface area contributed by atoms with Crippen molar-refractivity contribution in [2.75, 3.05) is 13.6 Å². The topological polar surface area (TPSA) is 21.3 Å². The molecule has 1 unspecified atom stereocenters. The number of hydrogen-bond acceptors (Lipinski definition) is 2. The lowest BCUT2D eigenvalue weighted by molar-refractivity contribution is -0.0826. The lowest BCUT2D eigenvalue weighted by atomic mass is 10.0. The minimum Gasteiger partial charge on any atom is -0.366 e. The van der Waals surface area contributed by atoms with E-state index in [-0.39, 0.29) is 11.7 Å². The Kier molecular flexibility index (Phi) is 4.19. The Labute approximate surface area is 104 Å². The molecule has 94 valence electrons. The molecule has 1 aromatic carbocycles. The van der Waals surface area contributed by atoms with E-state index in [0.29, 0.717) is 0 Å². The van der Waals surface area contributed by atoms with E-state index in [1.807, 2.05) is 7.05 Å². The van der Waals surface area contributed by atoms with Gasteiger partial charge in [0.15, 0.2) is 0 Å². The molecule has 0 amide bonds. The normalized spacial score (nSPS) is 20.4. The molecule has 1 fully saturated rings. The average molecular weight is 233 g/mol. The summed E-state index contributed by atoms with van der Waals surface area (Å²) in [7, 11) is 2.01. The molecule has 1 saturated carbocycles. The summed E-state index contributed by atoms with van der Waals surface area (Å²) in [6.45, 7) is 3.12. The maximum Gasteiger partial charge on any atom is 0.0814 e. The van der Waals surface area contributed by atoms with Gasteiger partial charge in [0.1, 0.15) is 0 Å². The fraction of sp³-hybridized carbons (Fsp3) is 0.600. The minimum absolute atomic E-state index is 0.0595. The van der Waals surface area contributed by atoms with Gasteiger partial charge in [0, 0.05) is 6.54 Å². The van der Waals surface area contributed by atoms with Crippen molar-refractivity contribution in [2.45, 2.75) is 44.3 Å². The molecule has 1 N–H and O–H groups in total. The molecule has 0 saturated heterocycles. The van der Waals surface area contributed by atoms with E-state index >= 15 is 0 Å². The van der Waals surface area contributed by atoms with Gasteiger partial charge >= 0.3 is 0 Å². The third-order valence-electron chi connectivity index (χ3n) is 3.71. The first-order valence-electron chi connectivity index (χ1n) is 6.63. The van der Waals surface area contributed by atoms with Crippen molar-refractivity contribution in [3.8, 4) is 0 Å². The van der Waals surface area contributed by atoms with Gasteiger partial charge in [-0.15, -0.1) is 0 Å². The summed E-state index contributed by atoms with van der Waals surface area (Å²) >= 11 is 0. The molecular weight excluding hydrogens is 210 g/mol. The molecule has 2 heteroatoms. The third kappa shape index (κ3) is 3.08. The number of likely N-dealkylation sites (N-methyl/N-ethyl adjacent to an activating group) is 1. The molecule has 0 aliphatic heterocycles. The molecule has 1 aliphatic carbocycles. The smallest absolute Gasteiger partial charge is 0.0814 e. The van der Waals surface area contributed by atoms with Crippen molar-refractivity contribution in [1.82, 2.24) is 5.32 Å². The molecule has 2 nitrogen and oxygen atoms in total. The van der Waals surface area contributed by atoms with E-state index in [1.54, 1.807) is 0 Å². The first-order chi connectivity index (χ1) is 8.26. The van der Waals surface area contributed by atoms with E-state index in [9.17, 15) is 0 Å². The molecule has 0 bridgehead atoms. The Balaban J connectivity index is 2.03. The van der Waals surface area contributed by atoms with Crippen LogP contribution in [0.3, 0.4) is 0 Å². The lowest BCUT2D eigenvalue weighted by Crippen LogP contribution is -2.40. The van der Waals surface area contributed by atoms with E-state index < -0.39 is 0 Å². The molecule has 1 aliphatic rings. The summed E-state index contributed by atoms with van der Waals surface area (Å²) in [4.78, 5) is 0. The van der Waals surface area contributed by atoms with Crippen LogP contribution in [-0.2, 0) is 4.74 Å². The Morgan fingerprint density at radius 3 is 2.47 bits per heavy atom. The zero-order chi connectivity index (χ0) is 12.1. The highest BCUT2D eigenvalue weighted by atomic mass is 16.5. The quantitative estimate of drug-likeness (QED) is 0.842. The standard InChI is InChI=1S/C15H23NO/c1-13(14-8-4-3-5-9-14)17-15(12-16-2)10-6-7-11-15/h3-5,8-9,13,16H,6-7,10-12H2,1-2H3. The monoisotopic (exact) mass is 233 g/mol. The molecule has 2 rings (SSSR count). The zero-order valence-electron chi connectivity index (χ0n) is 10.9. The summed E-state index contributed by atoms with van der Waals surface area (Å²) in [5.41, 5.74) is 1.33. The van der Waals surface area contributed by atoms with Gasteiger partial charge in [-0.1, -0.05) is 43.2 Å². The van der Waals surface area contributed by atoms with Crippen LogP contribution in [0.25, 0.3) is 0 Å². The Hall–Kier alpha value is -0.860. The van der Waals surface area contributed by atoms with E-state index in [2.05, 4.69) is 42.6 Å². The molecule has 0 radical (unpaired) electrons. The van der Waals surface area contributed by atoms with Gasteiger partial charge < -0.3 is 10.1 Å². The van der Waals surface area contributed by atoms with Gasteiger partial charge in [-0.25, -0.2) is 0 Å². The highest BCUT2D eigenvalue weighted by Gasteiger charge is 2.35. The van der Waals surface area contributed by atoms with E-state index in [1.165, 1.54) is 31.2 Å². The first-order valence-corrected chi connectivity index (χ1v) is 6.63. The zero-order valence-corrected chi connectivity index (χ0v) is 10.9. The Bertz CT molecular complexity index is 330. The molecule has 1 atom stereocenters. The fourth-order valence-electron chi connectivity index (χ4n) is 2.84. The van der Waals surface area contributed by atoms with Crippen LogP contribution >= 0.6 is 0 Å². The number of nitrogens with one attached hydrogen (secondary N) is 1. The predicted molar refractivity (Wildman–Crippen MR) is 71.1 cm³/mol. The van der Waals surface area contributed by atoms with Gasteiger partial charge in [-0.2, -0.15) is 0 Å². The van der Waals surface area contributed by atoms with Crippen molar-refractivity contribution < 1.29 is 4.74 Å². The van der Waals surface area contributed by atoms with E-state index in [4.69, 9.17) is 4.74 Å². The van der Waals surface area contributed by atoms with Gasteiger partial charge in [-0.05, 0) is 32.4 Å². The maximum absolute atomic E-state index is 6.36. The third-order valence-corrected chi connectivity index (χ3v) is 3.71. The van der Waals surface area contributed by atoms with Crippen LogP contribution in [0.5, 0.6) is 0 Å². The van der Waals surface area contributed by atoms with E-state index in [0.717, 1.165) is 6.54 Å². The number of ether oxygens (including phenoxy) is 1. The summed E-state index contributed by atoms with van der Waals surface area (Å²) in [6.07, 6.45) is 5.14. The molecule has 0 spiro atoms. The van der Waals surface area contributed by atoms with Crippen molar-refractivity contribution in [3.05, 3.63) is 35.9 Å². The van der Waals surface area contributed by atoms with Gasteiger partial charge in [0.2, 0.25) is 0 Å². The van der Waals surface area contributed by atoms with Crippen LogP contribution in [0.1, 0.15) is 44.3 Å². The number of hydrogen-bond donors (Lipinski definition) is 1. The Morgan fingerprint density at radius 1 is 1.24 bits per heavy atom. The van der Waals surface area contributed by atoms with Crippen LogP contribution in [0, 0.1) is 0 Å². The minimum atomic E-state index is 0.0595. The van der Waals surface area contributed by atoms with Crippen LogP contribution in [0.15, 0.2) is 30.3 Å². The molecular formula is C15H23NO. The maximum atomic E-state index is 6.36. The predicted octanol–water partition coefficient (Wildman–Crippen LogP) is 3.30. The summed E-state index contributed by atoms with van der Waals surface area (Å²) in [6, 6.07) is 10.5. The number of rotatable bonds is 5. The van der Waals surface area contributed by atoms with Crippen molar-refractivity contribution in [2.24, 2.45) is 0 Å². The van der Waals surface area contributed by atoms with Crippen LogP contribution in [0.2, 0.25) is 0 Å². The molecule has 0 heterocycles. The van der Waals surface area contributed by atoms with Crippen LogP contribution in [0.4, 0.5) is 0 Å². The Morgan fingerprint density at radius 2 is 1.88 bits per heavy atom. The van der Waals surface area contributed by atoms with Gasteiger partial charge in [0.05, 0.1) is 11.7 Å². The second-order valence-electron chi connectivity index (χ2n) is 5.09. The molecule has 0 aromatic heterocycles. The lowest BCUT2D eigenvalue weighted by Gasteiger charge is -2.32. The highest BCUT2D eigenvalue weighted by Crippen LogP contribution is 2.36. The van der Waals surface area contributed by atoms with Gasteiger partial charge in [-0.3, -0.25) is 0 Å². The summed E-state index contributed by atoms with van der Waals surface area (Å²) < 4.78 is 6.36. The fourth-order valence-corrected chi connectivity index (χ4v) is 2.84. The highest BCUT2D eigenvalue weighted by molar-refractivity contribution is 5.17. The van der Waals surface area contributed by atoms with Crippen LogP contribution in [-0.4, -0.2) is 19.2 Å². The summed E-state index contributed by atoms with van der Waals surface area (Å²) in [5.74, 6) is 0. The summed E-state index contributed by atoms with van der Waals surface area (Å²) in [5, 5.41) is 3.28. The second kappa shape index (κ2) is 5.65. The second-order valence-corrected chi connectivity index (χ2v) is 5.09. The first kappa shape index (κ1) is 12.6. The molecule has 17 heavy (non-hydrogen) atoms. The SMILES string of the molecule is CNCC1(OC(C)c2ccccc2)CCCC1. The largest absolute Gasteiger partial charge is 0.366 e. The van der Waals surface area contributed by atoms with Crippen molar-refractivity contribution in [3.63, 3.8) is 0 Å². The molecule has 1 aromatic rings. The number of benzene rings is 1. The van der Waals surface area contributed by atoms with Crippen LogP contribution < -0.4 is 5.32 Å². The van der Waals surface area contributed by atoms with Crippen molar-refractivity contribution in [1.29, 1.82) is 0 Å². The average Bonchev–Trinajstić information content (AvgIpc) is 2.79.